The van der Waals surface area contributed by atoms with E-state index in [4.69, 9.17) is 14.2 Å². The van der Waals surface area contributed by atoms with Crippen LogP contribution in [0.15, 0.2) is 48.5 Å². The molecule has 0 unspecified atom stereocenters. The lowest BCUT2D eigenvalue weighted by atomic mass is 10.0. The number of ether oxygens (including phenoxy) is 3. The SMILES string of the molecule is CCOC(=O)c1c(NC(=O)Cc2ccccc2)sc(C)c1-c1ccc(OC)c(OC)c1. The lowest BCUT2D eigenvalue weighted by Crippen LogP contribution is -2.16. The van der Waals surface area contributed by atoms with Gasteiger partial charge in [0.2, 0.25) is 5.91 Å². The van der Waals surface area contributed by atoms with Gasteiger partial charge >= 0.3 is 5.97 Å². The summed E-state index contributed by atoms with van der Waals surface area (Å²) < 4.78 is 16.0. The first kappa shape index (κ1) is 22.4. The van der Waals surface area contributed by atoms with Crippen LogP contribution in [0.4, 0.5) is 5.00 Å². The molecule has 1 N–H and O–H groups in total. The molecule has 0 fully saturated rings. The van der Waals surface area contributed by atoms with Gasteiger partial charge in [0.1, 0.15) is 10.6 Å². The van der Waals surface area contributed by atoms with Crippen LogP contribution in [0.1, 0.15) is 27.7 Å². The number of esters is 1. The second-order valence-corrected chi connectivity index (χ2v) is 7.96. The van der Waals surface area contributed by atoms with Crippen LogP contribution in [-0.2, 0) is 16.0 Å². The third-order valence-corrected chi connectivity index (χ3v) is 5.72. The fraction of sp³-hybridized carbons (Fsp3) is 0.250. The zero-order valence-corrected chi connectivity index (χ0v) is 18.8. The second kappa shape index (κ2) is 10.1. The van der Waals surface area contributed by atoms with Gasteiger partial charge < -0.3 is 19.5 Å². The van der Waals surface area contributed by atoms with Crippen molar-refractivity contribution in [3.63, 3.8) is 0 Å². The van der Waals surface area contributed by atoms with E-state index in [1.54, 1.807) is 27.2 Å². The van der Waals surface area contributed by atoms with Crippen LogP contribution in [0.5, 0.6) is 11.5 Å². The lowest BCUT2D eigenvalue weighted by Gasteiger charge is -2.12. The first-order valence-corrected chi connectivity index (χ1v) is 10.7. The van der Waals surface area contributed by atoms with Crippen LogP contribution in [-0.4, -0.2) is 32.7 Å². The standard InChI is InChI=1S/C24H25NO5S/c1-5-30-24(27)22-21(17-11-12-18(28-3)19(14-17)29-4)15(2)31-23(22)25-20(26)13-16-9-7-6-8-10-16/h6-12,14H,5,13H2,1-4H3,(H,25,26). The minimum Gasteiger partial charge on any atom is -0.493 e. The van der Waals surface area contributed by atoms with Crippen molar-refractivity contribution in [2.45, 2.75) is 20.3 Å². The first-order valence-electron chi connectivity index (χ1n) is 9.85. The van der Waals surface area contributed by atoms with Gasteiger partial charge in [0.15, 0.2) is 11.5 Å². The Bertz CT molecular complexity index is 1080. The maximum Gasteiger partial charge on any atom is 0.341 e. The Labute approximate surface area is 185 Å². The van der Waals surface area contributed by atoms with Gasteiger partial charge in [-0.25, -0.2) is 4.79 Å². The molecule has 0 saturated heterocycles. The number of aryl methyl sites for hydroxylation is 1. The molecule has 1 heterocycles. The number of methoxy groups -OCH3 is 2. The second-order valence-electron chi connectivity index (χ2n) is 6.74. The van der Waals surface area contributed by atoms with Gasteiger partial charge in [-0.05, 0) is 37.1 Å². The number of carbonyl (C=O) groups excluding carboxylic acids is 2. The fourth-order valence-corrected chi connectivity index (χ4v) is 4.40. The number of rotatable bonds is 8. The average molecular weight is 440 g/mol. The van der Waals surface area contributed by atoms with E-state index in [-0.39, 0.29) is 18.9 Å². The first-order chi connectivity index (χ1) is 15.0. The maximum absolute atomic E-state index is 12.9. The van der Waals surface area contributed by atoms with Gasteiger partial charge in [-0.3, -0.25) is 4.79 Å². The van der Waals surface area contributed by atoms with E-state index < -0.39 is 5.97 Å². The van der Waals surface area contributed by atoms with Gasteiger partial charge in [-0.1, -0.05) is 36.4 Å². The van der Waals surface area contributed by atoms with E-state index in [0.29, 0.717) is 27.6 Å². The molecular weight excluding hydrogens is 414 g/mol. The molecule has 0 bridgehead atoms. The minimum atomic E-state index is -0.480. The molecule has 31 heavy (non-hydrogen) atoms. The van der Waals surface area contributed by atoms with E-state index in [1.807, 2.05) is 49.4 Å². The summed E-state index contributed by atoms with van der Waals surface area (Å²) >= 11 is 1.35. The summed E-state index contributed by atoms with van der Waals surface area (Å²) in [5.74, 6) is 0.465. The highest BCUT2D eigenvalue weighted by molar-refractivity contribution is 7.17. The number of thiophene rings is 1. The van der Waals surface area contributed by atoms with Crippen molar-refractivity contribution >= 4 is 28.2 Å². The molecular formula is C24H25NO5S. The van der Waals surface area contributed by atoms with Gasteiger partial charge in [0.05, 0.1) is 27.2 Å². The molecule has 0 aliphatic heterocycles. The number of nitrogens with one attached hydrogen (secondary N) is 1. The Morgan fingerprint density at radius 2 is 1.71 bits per heavy atom. The van der Waals surface area contributed by atoms with Crippen LogP contribution in [0.25, 0.3) is 11.1 Å². The molecule has 1 aromatic heterocycles. The maximum atomic E-state index is 12.9. The molecule has 3 aromatic rings. The molecule has 162 valence electrons. The van der Waals surface area contributed by atoms with Crippen LogP contribution in [0.3, 0.4) is 0 Å². The Morgan fingerprint density at radius 1 is 1.00 bits per heavy atom. The van der Waals surface area contributed by atoms with E-state index in [2.05, 4.69) is 5.32 Å². The lowest BCUT2D eigenvalue weighted by molar-refractivity contribution is -0.115. The monoisotopic (exact) mass is 439 g/mol. The molecule has 1 amide bonds. The van der Waals surface area contributed by atoms with Crippen LogP contribution in [0, 0.1) is 6.92 Å². The molecule has 0 saturated carbocycles. The van der Waals surface area contributed by atoms with Crippen molar-refractivity contribution in [1.82, 2.24) is 0 Å². The minimum absolute atomic E-state index is 0.197. The van der Waals surface area contributed by atoms with Crippen LogP contribution in [0.2, 0.25) is 0 Å². The quantitative estimate of drug-likeness (QED) is 0.495. The highest BCUT2D eigenvalue weighted by Gasteiger charge is 2.26. The highest BCUT2D eigenvalue weighted by Crippen LogP contribution is 2.42. The molecule has 3 rings (SSSR count). The van der Waals surface area contributed by atoms with Crippen LogP contribution < -0.4 is 14.8 Å². The summed E-state index contributed by atoms with van der Waals surface area (Å²) in [4.78, 5) is 26.4. The molecule has 0 aliphatic carbocycles. The number of benzene rings is 2. The fourth-order valence-electron chi connectivity index (χ4n) is 3.32. The number of hydrogen-bond donors (Lipinski definition) is 1. The third kappa shape index (κ3) is 5.06. The Kier molecular flexibility index (Phi) is 7.31. The van der Waals surface area contributed by atoms with Gasteiger partial charge in [0, 0.05) is 10.4 Å². The van der Waals surface area contributed by atoms with Crippen molar-refractivity contribution in [2.75, 3.05) is 26.1 Å². The number of carbonyl (C=O) groups is 2. The van der Waals surface area contributed by atoms with E-state index >= 15 is 0 Å². The van der Waals surface area contributed by atoms with Crippen LogP contribution >= 0.6 is 11.3 Å². The van der Waals surface area contributed by atoms with Gasteiger partial charge in [-0.2, -0.15) is 0 Å². The van der Waals surface area contributed by atoms with Crippen molar-refractivity contribution in [3.05, 3.63) is 64.5 Å². The predicted molar refractivity (Wildman–Crippen MR) is 122 cm³/mol. The number of anilines is 1. The largest absolute Gasteiger partial charge is 0.493 e. The van der Waals surface area contributed by atoms with E-state index in [0.717, 1.165) is 16.0 Å². The summed E-state index contributed by atoms with van der Waals surface area (Å²) in [6, 6.07) is 14.9. The number of amides is 1. The Balaban J connectivity index is 2.01. The Morgan fingerprint density at radius 3 is 2.35 bits per heavy atom. The molecule has 0 spiro atoms. The zero-order valence-electron chi connectivity index (χ0n) is 18.0. The summed E-state index contributed by atoms with van der Waals surface area (Å²) in [6.45, 7) is 3.89. The van der Waals surface area contributed by atoms with Crippen molar-refractivity contribution in [2.24, 2.45) is 0 Å². The number of hydrogen-bond acceptors (Lipinski definition) is 6. The summed E-state index contributed by atoms with van der Waals surface area (Å²) in [5.41, 5.74) is 2.72. The average Bonchev–Trinajstić information content (AvgIpc) is 3.09. The van der Waals surface area contributed by atoms with E-state index in [9.17, 15) is 9.59 Å². The molecule has 2 aromatic carbocycles. The van der Waals surface area contributed by atoms with Crippen molar-refractivity contribution in [3.8, 4) is 22.6 Å². The molecule has 0 aliphatic rings. The topological polar surface area (TPSA) is 73.9 Å². The molecule has 7 heteroatoms. The smallest absolute Gasteiger partial charge is 0.341 e. The summed E-state index contributed by atoms with van der Waals surface area (Å²) in [5, 5.41) is 3.38. The molecule has 6 nitrogen and oxygen atoms in total. The third-order valence-electron chi connectivity index (χ3n) is 4.70. The zero-order chi connectivity index (χ0) is 22.4. The highest BCUT2D eigenvalue weighted by atomic mass is 32.1. The van der Waals surface area contributed by atoms with Gasteiger partial charge in [0.25, 0.3) is 0 Å². The summed E-state index contributed by atoms with van der Waals surface area (Å²) in [6.07, 6.45) is 0.214. The van der Waals surface area contributed by atoms with E-state index in [1.165, 1.54) is 11.3 Å². The van der Waals surface area contributed by atoms with Gasteiger partial charge in [-0.15, -0.1) is 11.3 Å². The summed E-state index contributed by atoms with van der Waals surface area (Å²) in [7, 11) is 3.13. The Hall–Kier alpha value is -3.32. The molecule has 0 radical (unpaired) electrons. The van der Waals surface area contributed by atoms with Crippen molar-refractivity contribution < 1.29 is 23.8 Å². The molecule has 0 atom stereocenters. The predicted octanol–water partition coefficient (Wildman–Crippen LogP) is 5.10. The van der Waals surface area contributed by atoms with Crippen molar-refractivity contribution in [1.29, 1.82) is 0 Å². The normalized spacial score (nSPS) is 10.5.